The van der Waals surface area contributed by atoms with E-state index in [0.717, 1.165) is 38.5 Å². The summed E-state index contributed by atoms with van der Waals surface area (Å²) in [5.41, 5.74) is 0. The Labute approximate surface area is 131 Å². The lowest BCUT2D eigenvalue weighted by atomic mass is 10.0. The van der Waals surface area contributed by atoms with Crippen LogP contribution in [0, 0.1) is 5.92 Å². The molecule has 3 nitrogen and oxygen atoms in total. The van der Waals surface area contributed by atoms with Gasteiger partial charge in [0.25, 0.3) is 0 Å². The maximum absolute atomic E-state index is 12.8. The van der Waals surface area contributed by atoms with E-state index in [1.165, 1.54) is 12.8 Å². The van der Waals surface area contributed by atoms with Crippen molar-refractivity contribution in [2.24, 2.45) is 5.92 Å². The minimum Gasteiger partial charge on any atom is -0.323 e. The standard InChI is InChI=1S/C18H36N2O/c1-6-9-12-15(10-7-2)20-17(13-14(4)5)19-16(11-8-3)18(20)21/h14-17,19H,6-13H2,1-5H3. The lowest BCUT2D eigenvalue weighted by Gasteiger charge is -2.33. The Morgan fingerprint density at radius 1 is 1.10 bits per heavy atom. The van der Waals surface area contributed by atoms with Crippen LogP contribution in [-0.2, 0) is 4.79 Å². The molecular formula is C18H36N2O. The van der Waals surface area contributed by atoms with Crippen LogP contribution in [0.25, 0.3) is 0 Å². The maximum atomic E-state index is 12.8. The van der Waals surface area contributed by atoms with E-state index in [2.05, 4.69) is 44.8 Å². The highest BCUT2D eigenvalue weighted by Gasteiger charge is 2.41. The number of nitrogens with one attached hydrogen (secondary N) is 1. The van der Waals surface area contributed by atoms with Crippen molar-refractivity contribution in [3.8, 4) is 0 Å². The van der Waals surface area contributed by atoms with Crippen molar-refractivity contribution in [2.45, 2.75) is 104 Å². The molecule has 1 amide bonds. The van der Waals surface area contributed by atoms with Crippen LogP contribution < -0.4 is 5.32 Å². The zero-order valence-electron chi connectivity index (χ0n) is 14.8. The summed E-state index contributed by atoms with van der Waals surface area (Å²) in [4.78, 5) is 15.1. The zero-order valence-corrected chi connectivity index (χ0v) is 14.8. The SMILES string of the molecule is CCCCC(CCC)N1C(=O)C(CCC)NC1CC(C)C. The highest BCUT2D eigenvalue weighted by molar-refractivity contribution is 5.84. The molecule has 3 atom stereocenters. The molecule has 1 N–H and O–H groups in total. The van der Waals surface area contributed by atoms with Gasteiger partial charge in [-0.1, -0.05) is 60.3 Å². The van der Waals surface area contributed by atoms with Crippen LogP contribution in [-0.4, -0.2) is 29.1 Å². The first kappa shape index (κ1) is 18.5. The molecule has 0 aromatic carbocycles. The van der Waals surface area contributed by atoms with Crippen LogP contribution >= 0.6 is 0 Å². The van der Waals surface area contributed by atoms with Crippen molar-refractivity contribution in [1.29, 1.82) is 0 Å². The van der Waals surface area contributed by atoms with Crippen LogP contribution in [0.3, 0.4) is 0 Å². The molecule has 0 spiro atoms. The van der Waals surface area contributed by atoms with E-state index in [4.69, 9.17) is 0 Å². The van der Waals surface area contributed by atoms with Gasteiger partial charge < -0.3 is 4.90 Å². The van der Waals surface area contributed by atoms with Gasteiger partial charge in [-0.2, -0.15) is 0 Å². The number of nitrogens with zero attached hydrogens (tertiary/aromatic N) is 1. The topological polar surface area (TPSA) is 32.3 Å². The van der Waals surface area contributed by atoms with Crippen molar-refractivity contribution < 1.29 is 4.79 Å². The van der Waals surface area contributed by atoms with Crippen molar-refractivity contribution in [2.75, 3.05) is 0 Å². The molecule has 1 heterocycles. The van der Waals surface area contributed by atoms with Crippen molar-refractivity contribution in [3.63, 3.8) is 0 Å². The Bertz CT molecular complexity index is 302. The minimum absolute atomic E-state index is 0.0553. The van der Waals surface area contributed by atoms with Gasteiger partial charge in [0, 0.05) is 6.04 Å². The van der Waals surface area contributed by atoms with Crippen LogP contribution in [0.1, 0.15) is 86.0 Å². The third-order valence-electron chi connectivity index (χ3n) is 4.46. The summed E-state index contributed by atoms with van der Waals surface area (Å²) < 4.78 is 0. The minimum atomic E-state index is 0.0553. The first-order valence-electron chi connectivity index (χ1n) is 9.13. The van der Waals surface area contributed by atoms with Gasteiger partial charge >= 0.3 is 0 Å². The summed E-state index contributed by atoms with van der Waals surface area (Å²) in [5, 5.41) is 3.61. The maximum Gasteiger partial charge on any atom is 0.241 e. The number of rotatable bonds is 10. The zero-order chi connectivity index (χ0) is 15.8. The van der Waals surface area contributed by atoms with Crippen LogP contribution in [0.2, 0.25) is 0 Å². The van der Waals surface area contributed by atoms with Gasteiger partial charge in [-0.3, -0.25) is 10.1 Å². The van der Waals surface area contributed by atoms with E-state index in [-0.39, 0.29) is 12.2 Å². The molecule has 1 saturated heterocycles. The molecule has 0 radical (unpaired) electrons. The smallest absolute Gasteiger partial charge is 0.241 e. The highest BCUT2D eigenvalue weighted by atomic mass is 16.2. The van der Waals surface area contributed by atoms with Gasteiger partial charge in [-0.25, -0.2) is 0 Å². The molecule has 124 valence electrons. The van der Waals surface area contributed by atoms with Gasteiger partial charge in [0.15, 0.2) is 0 Å². The molecule has 0 saturated carbocycles. The Morgan fingerprint density at radius 2 is 1.81 bits per heavy atom. The summed E-state index contributed by atoms with van der Waals surface area (Å²) in [5.74, 6) is 0.976. The van der Waals surface area contributed by atoms with Crippen LogP contribution in [0.4, 0.5) is 0 Å². The van der Waals surface area contributed by atoms with Gasteiger partial charge in [-0.05, 0) is 31.6 Å². The second-order valence-corrected chi connectivity index (χ2v) is 6.98. The van der Waals surface area contributed by atoms with Crippen molar-refractivity contribution >= 4 is 5.91 Å². The average molecular weight is 296 g/mol. The van der Waals surface area contributed by atoms with E-state index < -0.39 is 0 Å². The molecule has 0 aromatic heterocycles. The van der Waals surface area contributed by atoms with Gasteiger partial charge in [0.2, 0.25) is 5.91 Å². The largest absolute Gasteiger partial charge is 0.323 e. The fraction of sp³-hybridized carbons (Fsp3) is 0.944. The number of hydrogen-bond acceptors (Lipinski definition) is 2. The molecule has 21 heavy (non-hydrogen) atoms. The number of carbonyl (C=O) groups is 1. The van der Waals surface area contributed by atoms with E-state index in [9.17, 15) is 4.79 Å². The van der Waals surface area contributed by atoms with E-state index in [0.29, 0.717) is 17.9 Å². The lowest BCUT2D eigenvalue weighted by molar-refractivity contribution is -0.133. The molecule has 3 unspecified atom stereocenters. The predicted octanol–water partition coefficient (Wildman–Crippen LogP) is 4.32. The van der Waals surface area contributed by atoms with Crippen LogP contribution in [0.15, 0.2) is 0 Å². The number of unbranched alkanes of at least 4 members (excludes halogenated alkanes) is 1. The summed E-state index contributed by atoms with van der Waals surface area (Å²) >= 11 is 0. The van der Waals surface area contributed by atoms with Gasteiger partial charge in [0.1, 0.15) is 0 Å². The Morgan fingerprint density at radius 3 is 2.33 bits per heavy atom. The first-order valence-corrected chi connectivity index (χ1v) is 9.13. The fourth-order valence-corrected chi connectivity index (χ4v) is 3.47. The van der Waals surface area contributed by atoms with E-state index >= 15 is 0 Å². The quantitative estimate of drug-likeness (QED) is 0.651. The lowest BCUT2D eigenvalue weighted by Crippen LogP contribution is -2.45. The third kappa shape index (κ3) is 5.28. The van der Waals surface area contributed by atoms with E-state index in [1.807, 2.05) is 0 Å². The molecule has 1 rings (SSSR count). The highest BCUT2D eigenvalue weighted by Crippen LogP contribution is 2.26. The molecule has 0 bridgehead atoms. The second-order valence-electron chi connectivity index (χ2n) is 6.98. The number of carbonyl (C=O) groups excluding carboxylic acids is 1. The summed E-state index contributed by atoms with van der Waals surface area (Å²) in [6.45, 7) is 11.1. The molecule has 1 aliphatic rings. The molecule has 0 aliphatic carbocycles. The molecule has 1 fully saturated rings. The van der Waals surface area contributed by atoms with Crippen molar-refractivity contribution in [3.05, 3.63) is 0 Å². The number of hydrogen-bond donors (Lipinski definition) is 1. The first-order chi connectivity index (χ1) is 10.0. The number of amides is 1. The summed E-state index contributed by atoms with van der Waals surface area (Å²) in [6.07, 6.45) is 9.25. The Balaban J connectivity index is 2.85. The third-order valence-corrected chi connectivity index (χ3v) is 4.46. The molecule has 1 aliphatic heterocycles. The van der Waals surface area contributed by atoms with E-state index in [1.54, 1.807) is 0 Å². The summed E-state index contributed by atoms with van der Waals surface area (Å²) in [7, 11) is 0. The van der Waals surface area contributed by atoms with Gasteiger partial charge in [-0.15, -0.1) is 0 Å². The Kier molecular flexibility index (Phi) is 8.31. The molecule has 3 heteroatoms. The van der Waals surface area contributed by atoms with Crippen LogP contribution in [0.5, 0.6) is 0 Å². The monoisotopic (exact) mass is 296 g/mol. The fourth-order valence-electron chi connectivity index (χ4n) is 3.47. The average Bonchev–Trinajstić information content (AvgIpc) is 2.71. The Hall–Kier alpha value is -0.570. The van der Waals surface area contributed by atoms with Gasteiger partial charge in [0.05, 0.1) is 12.2 Å². The normalized spacial score (nSPS) is 24.1. The summed E-state index contributed by atoms with van der Waals surface area (Å²) in [6, 6.07) is 0.486. The predicted molar refractivity (Wildman–Crippen MR) is 90.1 cm³/mol. The van der Waals surface area contributed by atoms with Crippen molar-refractivity contribution in [1.82, 2.24) is 10.2 Å². The second kappa shape index (κ2) is 9.45. The molecular weight excluding hydrogens is 260 g/mol. The molecule has 0 aromatic rings.